The molecule has 0 bridgehead atoms. The summed E-state index contributed by atoms with van der Waals surface area (Å²) < 4.78 is 10.7. The zero-order valence-electron chi connectivity index (χ0n) is 13.4. The number of rotatable bonds is 10. The number of hydrogen-bond donors (Lipinski definition) is 1. The Kier molecular flexibility index (Phi) is 8.46. The van der Waals surface area contributed by atoms with Crippen LogP contribution in [0.25, 0.3) is 0 Å². The van der Waals surface area contributed by atoms with Crippen LogP contribution in [0.1, 0.15) is 53.9 Å². The van der Waals surface area contributed by atoms with Gasteiger partial charge in [-0.2, -0.15) is 0 Å². The minimum absolute atomic E-state index is 0.0879. The van der Waals surface area contributed by atoms with Crippen molar-refractivity contribution in [2.45, 2.75) is 59.5 Å². The van der Waals surface area contributed by atoms with Crippen molar-refractivity contribution in [2.75, 3.05) is 13.2 Å². The van der Waals surface area contributed by atoms with Crippen molar-refractivity contribution >= 4 is 11.9 Å². The average molecular weight is 287 g/mol. The van der Waals surface area contributed by atoms with Gasteiger partial charge in [-0.25, -0.2) is 0 Å². The molecular weight excluding hydrogens is 258 g/mol. The Morgan fingerprint density at radius 1 is 1.25 bits per heavy atom. The molecule has 2 unspecified atom stereocenters. The molecule has 0 aromatic carbocycles. The molecule has 0 aromatic heterocycles. The molecule has 0 aromatic rings. The highest BCUT2D eigenvalue weighted by Crippen LogP contribution is 2.17. The first-order valence-electron chi connectivity index (χ1n) is 7.26. The highest BCUT2D eigenvalue weighted by atomic mass is 16.5. The molecule has 0 saturated carbocycles. The molecule has 20 heavy (non-hydrogen) atoms. The first kappa shape index (κ1) is 18.9. The predicted octanol–water partition coefficient (Wildman–Crippen LogP) is 2.27. The number of carbonyl (C=O) groups excluding carboxylic acids is 2. The Hall–Kier alpha value is -1.10. The average Bonchev–Trinajstić information content (AvgIpc) is 2.27. The summed E-state index contributed by atoms with van der Waals surface area (Å²) in [6.07, 6.45) is 1.58. The number of ether oxygens (including phenoxy) is 2. The van der Waals surface area contributed by atoms with Crippen LogP contribution in [0.2, 0.25) is 0 Å². The number of esters is 1. The van der Waals surface area contributed by atoms with Crippen LogP contribution in [0, 0.1) is 11.8 Å². The van der Waals surface area contributed by atoms with Crippen LogP contribution in [-0.4, -0.2) is 30.7 Å². The molecule has 0 spiro atoms. The summed E-state index contributed by atoms with van der Waals surface area (Å²) in [5.41, 5.74) is 4.93. The molecule has 0 aliphatic carbocycles. The molecular formula is C15H29NO4. The Morgan fingerprint density at radius 3 is 2.35 bits per heavy atom. The van der Waals surface area contributed by atoms with Crippen molar-refractivity contribution in [3.63, 3.8) is 0 Å². The van der Waals surface area contributed by atoms with E-state index in [2.05, 4.69) is 0 Å². The van der Waals surface area contributed by atoms with Gasteiger partial charge in [0.2, 0.25) is 5.91 Å². The van der Waals surface area contributed by atoms with E-state index in [-0.39, 0.29) is 29.3 Å². The topological polar surface area (TPSA) is 78.6 Å². The minimum atomic E-state index is -0.330. The van der Waals surface area contributed by atoms with E-state index in [1.807, 2.05) is 27.7 Å². The Labute approximate surface area is 122 Å². The van der Waals surface area contributed by atoms with Crippen molar-refractivity contribution in [1.29, 1.82) is 0 Å². The van der Waals surface area contributed by atoms with E-state index in [9.17, 15) is 9.59 Å². The second kappa shape index (κ2) is 8.95. The zero-order valence-corrected chi connectivity index (χ0v) is 13.4. The van der Waals surface area contributed by atoms with Crippen molar-refractivity contribution in [2.24, 2.45) is 17.6 Å². The highest BCUT2D eigenvalue weighted by Gasteiger charge is 2.20. The van der Waals surface area contributed by atoms with Gasteiger partial charge >= 0.3 is 5.97 Å². The number of amides is 1. The summed E-state index contributed by atoms with van der Waals surface area (Å²) in [5, 5.41) is 0. The van der Waals surface area contributed by atoms with Gasteiger partial charge in [0.05, 0.1) is 12.2 Å². The number of hydrogen-bond acceptors (Lipinski definition) is 4. The van der Waals surface area contributed by atoms with E-state index in [1.54, 1.807) is 6.92 Å². The first-order valence-corrected chi connectivity index (χ1v) is 7.26. The molecule has 5 heteroatoms. The van der Waals surface area contributed by atoms with Crippen LogP contribution >= 0.6 is 0 Å². The summed E-state index contributed by atoms with van der Waals surface area (Å²) in [7, 11) is 0. The van der Waals surface area contributed by atoms with Crippen molar-refractivity contribution in [1.82, 2.24) is 0 Å². The van der Waals surface area contributed by atoms with Crippen LogP contribution in [0.5, 0.6) is 0 Å². The first-order chi connectivity index (χ1) is 9.18. The van der Waals surface area contributed by atoms with E-state index in [0.29, 0.717) is 32.5 Å². The van der Waals surface area contributed by atoms with Gasteiger partial charge in [-0.05, 0) is 33.1 Å². The third-order valence-electron chi connectivity index (χ3n) is 3.26. The largest absolute Gasteiger partial charge is 0.466 e. The fourth-order valence-electron chi connectivity index (χ4n) is 2.02. The van der Waals surface area contributed by atoms with Gasteiger partial charge in [0.1, 0.15) is 0 Å². The van der Waals surface area contributed by atoms with Crippen LogP contribution in [0.3, 0.4) is 0 Å². The molecule has 2 N–H and O–H groups in total. The SMILES string of the molecule is CCOC(C)(C)CCOC(=O)CC(C)CC(C)C(N)=O. The molecule has 0 aliphatic rings. The van der Waals surface area contributed by atoms with Crippen molar-refractivity contribution < 1.29 is 19.1 Å². The number of carbonyl (C=O) groups is 2. The van der Waals surface area contributed by atoms with Gasteiger partial charge in [0.15, 0.2) is 0 Å². The fourth-order valence-corrected chi connectivity index (χ4v) is 2.02. The summed E-state index contributed by atoms with van der Waals surface area (Å²) in [6.45, 7) is 10.6. The quantitative estimate of drug-likeness (QED) is 0.625. The van der Waals surface area contributed by atoms with Gasteiger partial charge in [-0.1, -0.05) is 13.8 Å². The monoisotopic (exact) mass is 287 g/mol. The van der Waals surface area contributed by atoms with Crippen LogP contribution in [0.15, 0.2) is 0 Å². The lowest BCUT2D eigenvalue weighted by molar-refractivity contribution is -0.146. The minimum Gasteiger partial charge on any atom is -0.466 e. The molecule has 118 valence electrons. The maximum atomic E-state index is 11.7. The molecule has 0 saturated heterocycles. The van der Waals surface area contributed by atoms with E-state index in [4.69, 9.17) is 15.2 Å². The summed E-state index contributed by atoms with van der Waals surface area (Å²) in [5.74, 6) is -0.690. The zero-order chi connectivity index (χ0) is 15.8. The molecule has 0 rings (SSSR count). The standard InChI is InChI=1S/C15H29NO4/c1-6-20-15(4,5)7-8-19-13(17)10-11(2)9-12(3)14(16)18/h11-12H,6-10H2,1-5H3,(H2,16,18). The summed E-state index contributed by atoms with van der Waals surface area (Å²) in [4.78, 5) is 22.6. The predicted molar refractivity (Wildman–Crippen MR) is 78.0 cm³/mol. The third kappa shape index (κ3) is 8.91. The van der Waals surface area contributed by atoms with Crippen molar-refractivity contribution in [3.8, 4) is 0 Å². The molecule has 0 aliphatic heterocycles. The van der Waals surface area contributed by atoms with Gasteiger partial charge in [-0.15, -0.1) is 0 Å². The van der Waals surface area contributed by atoms with Crippen LogP contribution < -0.4 is 5.73 Å². The fraction of sp³-hybridized carbons (Fsp3) is 0.867. The lowest BCUT2D eigenvalue weighted by Gasteiger charge is -2.24. The maximum Gasteiger partial charge on any atom is 0.306 e. The van der Waals surface area contributed by atoms with E-state index in [1.165, 1.54) is 0 Å². The second-order valence-electron chi connectivity index (χ2n) is 6.01. The lowest BCUT2D eigenvalue weighted by atomic mass is 9.94. The smallest absolute Gasteiger partial charge is 0.306 e. The Morgan fingerprint density at radius 2 is 1.85 bits per heavy atom. The number of primary amides is 1. The maximum absolute atomic E-state index is 11.7. The molecule has 0 heterocycles. The van der Waals surface area contributed by atoms with Crippen LogP contribution in [-0.2, 0) is 19.1 Å². The molecule has 0 fully saturated rings. The molecule has 1 amide bonds. The molecule has 2 atom stereocenters. The van der Waals surface area contributed by atoms with Crippen molar-refractivity contribution in [3.05, 3.63) is 0 Å². The van der Waals surface area contributed by atoms with E-state index >= 15 is 0 Å². The normalized spacial score (nSPS) is 14.7. The van der Waals surface area contributed by atoms with Gasteiger partial charge < -0.3 is 15.2 Å². The summed E-state index contributed by atoms with van der Waals surface area (Å²) >= 11 is 0. The van der Waals surface area contributed by atoms with Gasteiger partial charge in [0, 0.05) is 25.4 Å². The number of nitrogens with two attached hydrogens (primary N) is 1. The molecule has 0 radical (unpaired) electrons. The highest BCUT2D eigenvalue weighted by molar-refractivity contribution is 5.76. The Bertz CT molecular complexity index is 315. The van der Waals surface area contributed by atoms with E-state index in [0.717, 1.165) is 0 Å². The lowest BCUT2D eigenvalue weighted by Crippen LogP contribution is -2.27. The Balaban J connectivity index is 3.91. The van der Waals surface area contributed by atoms with Gasteiger partial charge in [0.25, 0.3) is 0 Å². The van der Waals surface area contributed by atoms with Gasteiger partial charge in [-0.3, -0.25) is 9.59 Å². The summed E-state index contributed by atoms with van der Waals surface area (Å²) in [6, 6.07) is 0. The third-order valence-corrected chi connectivity index (χ3v) is 3.26. The second-order valence-corrected chi connectivity index (χ2v) is 6.01. The molecule has 5 nitrogen and oxygen atoms in total. The van der Waals surface area contributed by atoms with Crippen LogP contribution in [0.4, 0.5) is 0 Å². The van der Waals surface area contributed by atoms with E-state index < -0.39 is 0 Å².